The number of pyridine rings is 1. The highest BCUT2D eigenvalue weighted by atomic mass is 35.5. The molecule has 86 valence electrons. The maximum atomic E-state index is 11.7. The van der Waals surface area contributed by atoms with Crippen LogP contribution in [0.2, 0.25) is 5.15 Å². The van der Waals surface area contributed by atoms with E-state index in [0.29, 0.717) is 24.0 Å². The minimum atomic E-state index is -0.344. The van der Waals surface area contributed by atoms with Crippen molar-refractivity contribution in [1.29, 1.82) is 0 Å². The zero-order chi connectivity index (χ0) is 11.4. The number of ether oxygens (including phenoxy) is 1. The summed E-state index contributed by atoms with van der Waals surface area (Å²) in [4.78, 5) is 17.2. The molecule has 0 bridgehead atoms. The SMILES string of the molecule is O=C(Oc1ccnc(Cl)c1)N1CCNCC1. The fourth-order valence-corrected chi connectivity index (χ4v) is 1.62. The van der Waals surface area contributed by atoms with E-state index in [1.165, 1.54) is 12.3 Å². The molecule has 0 saturated carbocycles. The highest BCUT2D eigenvalue weighted by molar-refractivity contribution is 6.29. The van der Waals surface area contributed by atoms with Gasteiger partial charge in [0.1, 0.15) is 10.9 Å². The monoisotopic (exact) mass is 241 g/mol. The van der Waals surface area contributed by atoms with Gasteiger partial charge in [0.05, 0.1) is 0 Å². The van der Waals surface area contributed by atoms with Crippen molar-refractivity contribution in [3.8, 4) is 5.75 Å². The van der Waals surface area contributed by atoms with Crippen molar-refractivity contribution >= 4 is 17.7 Å². The molecule has 1 amide bonds. The molecule has 5 nitrogen and oxygen atoms in total. The lowest BCUT2D eigenvalue weighted by atomic mass is 10.4. The zero-order valence-corrected chi connectivity index (χ0v) is 9.41. The van der Waals surface area contributed by atoms with Gasteiger partial charge in [-0.25, -0.2) is 9.78 Å². The Kier molecular flexibility index (Phi) is 3.58. The van der Waals surface area contributed by atoms with E-state index in [1.807, 2.05) is 0 Å². The summed E-state index contributed by atoms with van der Waals surface area (Å²) in [6, 6.07) is 3.12. The Morgan fingerprint density at radius 1 is 1.50 bits per heavy atom. The summed E-state index contributed by atoms with van der Waals surface area (Å²) in [5, 5.41) is 3.47. The van der Waals surface area contributed by atoms with Gasteiger partial charge in [-0.2, -0.15) is 0 Å². The number of piperazine rings is 1. The van der Waals surface area contributed by atoms with Crippen LogP contribution in [-0.2, 0) is 0 Å². The Labute approximate surface area is 98.4 Å². The van der Waals surface area contributed by atoms with Crippen LogP contribution in [0.5, 0.6) is 5.75 Å². The third-order valence-electron chi connectivity index (χ3n) is 2.28. The minimum Gasteiger partial charge on any atom is -0.410 e. The smallest absolute Gasteiger partial charge is 0.410 e. The van der Waals surface area contributed by atoms with E-state index in [9.17, 15) is 4.79 Å². The molecule has 0 atom stereocenters. The fourth-order valence-electron chi connectivity index (χ4n) is 1.46. The van der Waals surface area contributed by atoms with Crippen LogP contribution >= 0.6 is 11.6 Å². The molecule has 0 radical (unpaired) electrons. The van der Waals surface area contributed by atoms with Crippen LogP contribution in [-0.4, -0.2) is 42.2 Å². The lowest BCUT2D eigenvalue weighted by Crippen LogP contribution is -2.47. The van der Waals surface area contributed by atoms with E-state index in [0.717, 1.165) is 13.1 Å². The van der Waals surface area contributed by atoms with Gasteiger partial charge >= 0.3 is 6.09 Å². The summed E-state index contributed by atoms with van der Waals surface area (Å²) < 4.78 is 5.17. The lowest BCUT2D eigenvalue weighted by Gasteiger charge is -2.26. The van der Waals surface area contributed by atoms with Gasteiger partial charge in [-0.05, 0) is 6.07 Å². The quantitative estimate of drug-likeness (QED) is 0.750. The van der Waals surface area contributed by atoms with Crippen LogP contribution in [0.15, 0.2) is 18.3 Å². The van der Waals surface area contributed by atoms with E-state index in [4.69, 9.17) is 16.3 Å². The lowest BCUT2D eigenvalue weighted by molar-refractivity contribution is 0.146. The molecular formula is C10H12ClN3O2. The van der Waals surface area contributed by atoms with Crippen molar-refractivity contribution < 1.29 is 9.53 Å². The van der Waals surface area contributed by atoms with Crippen LogP contribution in [0.25, 0.3) is 0 Å². The first-order valence-corrected chi connectivity index (χ1v) is 5.42. The van der Waals surface area contributed by atoms with Crippen molar-refractivity contribution in [3.05, 3.63) is 23.5 Å². The second kappa shape index (κ2) is 5.14. The number of halogens is 1. The zero-order valence-electron chi connectivity index (χ0n) is 8.65. The van der Waals surface area contributed by atoms with E-state index < -0.39 is 0 Å². The van der Waals surface area contributed by atoms with Gasteiger partial charge < -0.3 is 15.0 Å². The van der Waals surface area contributed by atoms with Crippen LogP contribution in [0.1, 0.15) is 0 Å². The number of hydrogen-bond donors (Lipinski definition) is 1. The molecule has 0 spiro atoms. The first kappa shape index (κ1) is 11.2. The van der Waals surface area contributed by atoms with Gasteiger partial charge in [-0.15, -0.1) is 0 Å². The Balaban J connectivity index is 1.96. The van der Waals surface area contributed by atoms with Crippen molar-refractivity contribution in [1.82, 2.24) is 15.2 Å². The number of carbonyl (C=O) groups is 1. The van der Waals surface area contributed by atoms with Crippen LogP contribution in [0, 0.1) is 0 Å². The minimum absolute atomic E-state index is 0.311. The molecule has 6 heteroatoms. The summed E-state index contributed by atoms with van der Waals surface area (Å²) in [5.41, 5.74) is 0. The van der Waals surface area contributed by atoms with Crippen molar-refractivity contribution in [2.24, 2.45) is 0 Å². The molecule has 1 saturated heterocycles. The first-order chi connectivity index (χ1) is 7.75. The Hall–Kier alpha value is -1.33. The third-order valence-corrected chi connectivity index (χ3v) is 2.49. The molecule has 1 aromatic rings. The summed E-state index contributed by atoms with van der Waals surface area (Å²) in [6.07, 6.45) is 1.16. The highest BCUT2D eigenvalue weighted by Crippen LogP contribution is 2.15. The summed E-state index contributed by atoms with van der Waals surface area (Å²) >= 11 is 5.69. The molecule has 0 aromatic carbocycles. The summed E-state index contributed by atoms with van der Waals surface area (Å²) in [7, 11) is 0. The number of aromatic nitrogens is 1. The number of rotatable bonds is 1. The van der Waals surface area contributed by atoms with Crippen LogP contribution < -0.4 is 10.1 Å². The average Bonchev–Trinajstić information content (AvgIpc) is 2.30. The van der Waals surface area contributed by atoms with Gasteiger partial charge in [0.2, 0.25) is 0 Å². The molecule has 2 heterocycles. The maximum absolute atomic E-state index is 11.7. The molecule has 16 heavy (non-hydrogen) atoms. The predicted octanol–water partition coefficient (Wildman–Crippen LogP) is 1.14. The van der Waals surface area contributed by atoms with E-state index >= 15 is 0 Å². The molecular weight excluding hydrogens is 230 g/mol. The highest BCUT2D eigenvalue weighted by Gasteiger charge is 2.17. The van der Waals surface area contributed by atoms with Gasteiger partial charge in [0, 0.05) is 38.4 Å². The molecule has 2 rings (SSSR count). The molecule has 1 aliphatic rings. The van der Waals surface area contributed by atoms with Crippen molar-refractivity contribution in [3.63, 3.8) is 0 Å². The van der Waals surface area contributed by atoms with E-state index in [1.54, 1.807) is 11.0 Å². The summed E-state index contributed by atoms with van der Waals surface area (Å²) in [6.45, 7) is 2.92. The maximum Gasteiger partial charge on any atom is 0.415 e. The second-order valence-electron chi connectivity index (χ2n) is 3.42. The number of carbonyl (C=O) groups excluding carboxylic acids is 1. The molecule has 1 aromatic heterocycles. The topological polar surface area (TPSA) is 54.5 Å². The molecule has 0 aliphatic carbocycles. The van der Waals surface area contributed by atoms with Gasteiger partial charge in [-0.1, -0.05) is 11.6 Å². The van der Waals surface area contributed by atoms with Gasteiger partial charge in [0.25, 0.3) is 0 Å². The number of hydrogen-bond acceptors (Lipinski definition) is 4. The Bertz CT molecular complexity index is 380. The standard InChI is InChI=1S/C10H12ClN3O2/c11-9-7-8(1-2-13-9)16-10(15)14-5-3-12-4-6-14/h1-2,7,12H,3-6H2. The summed E-state index contributed by atoms with van der Waals surface area (Å²) in [5.74, 6) is 0.420. The van der Waals surface area contributed by atoms with Crippen LogP contribution in [0.3, 0.4) is 0 Å². The molecule has 1 N–H and O–H groups in total. The van der Waals surface area contributed by atoms with E-state index in [2.05, 4.69) is 10.3 Å². The number of amides is 1. The molecule has 0 unspecified atom stereocenters. The van der Waals surface area contributed by atoms with E-state index in [-0.39, 0.29) is 6.09 Å². The first-order valence-electron chi connectivity index (χ1n) is 5.05. The molecule has 1 fully saturated rings. The van der Waals surface area contributed by atoms with Gasteiger partial charge in [-0.3, -0.25) is 0 Å². The third kappa shape index (κ3) is 2.84. The van der Waals surface area contributed by atoms with Crippen LogP contribution in [0.4, 0.5) is 4.79 Å². The van der Waals surface area contributed by atoms with Gasteiger partial charge in [0.15, 0.2) is 0 Å². The van der Waals surface area contributed by atoms with Crippen molar-refractivity contribution in [2.75, 3.05) is 26.2 Å². The Morgan fingerprint density at radius 3 is 2.94 bits per heavy atom. The average molecular weight is 242 g/mol. The number of nitrogens with one attached hydrogen (secondary N) is 1. The fraction of sp³-hybridized carbons (Fsp3) is 0.400. The van der Waals surface area contributed by atoms with Crippen molar-refractivity contribution in [2.45, 2.75) is 0 Å². The number of nitrogens with zero attached hydrogens (tertiary/aromatic N) is 2. The predicted molar refractivity (Wildman–Crippen MR) is 59.7 cm³/mol. The largest absolute Gasteiger partial charge is 0.415 e. The molecule has 1 aliphatic heterocycles. The Morgan fingerprint density at radius 2 is 2.25 bits per heavy atom. The normalized spacial score (nSPS) is 15.9. The second-order valence-corrected chi connectivity index (χ2v) is 3.81.